The van der Waals surface area contributed by atoms with Crippen LogP contribution in [-0.4, -0.2) is 0 Å². The molecular formula is C9H7F4N3. The number of nitrogens with zero attached hydrogens (tertiary/aromatic N) is 3. The molecule has 0 aliphatic carbocycles. The molecule has 0 unspecified atom stereocenters. The molecule has 3 nitrogen and oxygen atoms in total. The van der Waals surface area contributed by atoms with Crippen molar-refractivity contribution in [2.75, 3.05) is 0 Å². The van der Waals surface area contributed by atoms with Gasteiger partial charge in [-0.2, -0.15) is 0 Å². The molecule has 0 aromatic heterocycles. The standard InChI is InChI=1S/C9H7F4N3/c1-3(2)4-5(10)6(11)7(12)8(13)9(4)15-16-14/h3H,1-2H3. The summed E-state index contributed by atoms with van der Waals surface area (Å²) in [5.41, 5.74) is 6.84. The van der Waals surface area contributed by atoms with Crippen molar-refractivity contribution < 1.29 is 17.6 Å². The normalized spacial score (nSPS) is 10.4. The van der Waals surface area contributed by atoms with Crippen LogP contribution in [0, 0.1) is 23.3 Å². The van der Waals surface area contributed by atoms with Crippen molar-refractivity contribution in [1.82, 2.24) is 0 Å². The summed E-state index contributed by atoms with van der Waals surface area (Å²) in [6, 6.07) is 0. The molecule has 1 rings (SSSR count). The first-order valence-electron chi connectivity index (χ1n) is 4.32. The van der Waals surface area contributed by atoms with Crippen molar-refractivity contribution in [1.29, 1.82) is 0 Å². The zero-order chi connectivity index (χ0) is 12.5. The fraction of sp³-hybridized carbons (Fsp3) is 0.333. The predicted molar refractivity (Wildman–Crippen MR) is 49.2 cm³/mol. The summed E-state index contributed by atoms with van der Waals surface area (Å²) in [6.45, 7) is 2.87. The largest absolute Gasteiger partial charge is 0.203 e. The molecule has 0 aliphatic heterocycles. The summed E-state index contributed by atoms with van der Waals surface area (Å²) in [5.74, 6) is -7.75. The molecule has 86 valence electrons. The molecule has 0 radical (unpaired) electrons. The van der Waals surface area contributed by atoms with E-state index in [1.165, 1.54) is 13.8 Å². The molecule has 0 saturated heterocycles. The summed E-state index contributed by atoms with van der Waals surface area (Å²) in [4.78, 5) is 2.25. The maximum atomic E-state index is 13.3. The van der Waals surface area contributed by atoms with Crippen LogP contribution in [0.15, 0.2) is 5.11 Å². The highest BCUT2D eigenvalue weighted by molar-refractivity contribution is 5.50. The number of azide groups is 1. The Bertz CT molecular complexity index is 478. The van der Waals surface area contributed by atoms with E-state index in [0.717, 1.165) is 0 Å². The van der Waals surface area contributed by atoms with E-state index in [0.29, 0.717) is 0 Å². The van der Waals surface area contributed by atoms with Crippen LogP contribution in [0.25, 0.3) is 10.4 Å². The van der Waals surface area contributed by atoms with E-state index in [-0.39, 0.29) is 0 Å². The molecule has 0 amide bonds. The third-order valence-corrected chi connectivity index (χ3v) is 2.00. The second-order valence-corrected chi connectivity index (χ2v) is 3.36. The molecule has 16 heavy (non-hydrogen) atoms. The van der Waals surface area contributed by atoms with Gasteiger partial charge in [0, 0.05) is 10.5 Å². The lowest BCUT2D eigenvalue weighted by atomic mass is 9.99. The fourth-order valence-corrected chi connectivity index (χ4v) is 1.31. The number of rotatable bonds is 2. The van der Waals surface area contributed by atoms with Crippen LogP contribution in [0.4, 0.5) is 23.2 Å². The maximum Gasteiger partial charge on any atom is 0.197 e. The van der Waals surface area contributed by atoms with Gasteiger partial charge in [-0.15, -0.1) is 0 Å². The van der Waals surface area contributed by atoms with Gasteiger partial charge in [-0.1, -0.05) is 19.0 Å². The van der Waals surface area contributed by atoms with Gasteiger partial charge in [0.1, 0.15) is 0 Å². The molecule has 0 N–H and O–H groups in total. The second-order valence-electron chi connectivity index (χ2n) is 3.36. The lowest BCUT2D eigenvalue weighted by molar-refractivity contribution is 0.403. The molecule has 1 aromatic rings. The third kappa shape index (κ3) is 1.81. The summed E-state index contributed by atoms with van der Waals surface area (Å²) in [7, 11) is 0. The molecule has 0 bridgehead atoms. The van der Waals surface area contributed by atoms with Crippen molar-refractivity contribution in [3.05, 3.63) is 39.3 Å². The van der Waals surface area contributed by atoms with Crippen molar-refractivity contribution in [2.45, 2.75) is 19.8 Å². The van der Waals surface area contributed by atoms with E-state index in [4.69, 9.17) is 5.53 Å². The number of halogens is 4. The van der Waals surface area contributed by atoms with E-state index in [9.17, 15) is 17.6 Å². The van der Waals surface area contributed by atoms with Gasteiger partial charge in [0.25, 0.3) is 0 Å². The molecule has 0 saturated carbocycles. The van der Waals surface area contributed by atoms with Gasteiger partial charge in [0.2, 0.25) is 0 Å². The van der Waals surface area contributed by atoms with Gasteiger partial charge >= 0.3 is 0 Å². The molecule has 0 atom stereocenters. The summed E-state index contributed by atoms with van der Waals surface area (Å²) >= 11 is 0. The van der Waals surface area contributed by atoms with Crippen LogP contribution in [0.2, 0.25) is 0 Å². The molecular weight excluding hydrogens is 226 g/mol. The van der Waals surface area contributed by atoms with Crippen molar-refractivity contribution in [2.24, 2.45) is 5.11 Å². The summed E-state index contributed by atoms with van der Waals surface area (Å²) in [5, 5.41) is 2.85. The van der Waals surface area contributed by atoms with Gasteiger partial charge < -0.3 is 0 Å². The number of hydrogen-bond donors (Lipinski definition) is 0. The minimum atomic E-state index is -1.98. The molecule has 1 aromatic carbocycles. The second kappa shape index (κ2) is 4.40. The van der Waals surface area contributed by atoms with E-state index >= 15 is 0 Å². The van der Waals surface area contributed by atoms with Crippen LogP contribution < -0.4 is 0 Å². The van der Waals surface area contributed by atoms with Crippen LogP contribution in [-0.2, 0) is 0 Å². The minimum Gasteiger partial charge on any atom is -0.203 e. The highest BCUT2D eigenvalue weighted by Crippen LogP contribution is 2.35. The SMILES string of the molecule is CC(C)c1c(F)c(F)c(F)c(F)c1N=[N+]=[N-]. The molecule has 0 fully saturated rings. The van der Waals surface area contributed by atoms with Crippen LogP contribution in [0.3, 0.4) is 0 Å². The molecule has 7 heteroatoms. The Balaban J connectivity index is 3.75. The number of benzene rings is 1. The number of hydrogen-bond acceptors (Lipinski definition) is 1. The van der Waals surface area contributed by atoms with E-state index < -0.39 is 40.4 Å². The Morgan fingerprint density at radius 3 is 1.94 bits per heavy atom. The minimum absolute atomic E-state index is 0.478. The lowest BCUT2D eigenvalue weighted by Crippen LogP contribution is -2.04. The van der Waals surface area contributed by atoms with Gasteiger partial charge in [-0.3, -0.25) is 0 Å². The smallest absolute Gasteiger partial charge is 0.197 e. The van der Waals surface area contributed by atoms with Gasteiger partial charge in [0.15, 0.2) is 23.3 Å². The zero-order valence-electron chi connectivity index (χ0n) is 8.43. The first-order valence-corrected chi connectivity index (χ1v) is 4.32. The monoisotopic (exact) mass is 233 g/mol. The van der Waals surface area contributed by atoms with E-state index in [1.54, 1.807) is 0 Å². The highest BCUT2D eigenvalue weighted by atomic mass is 19.2. The first kappa shape index (κ1) is 12.3. The first-order chi connectivity index (χ1) is 7.41. The van der Waals surface area contributed by atoms with Gasteiger partial charge in [0.05, 0.1) is 5.69 Å². The van der Waals surface area contributed by atoms with Crippen LogP contribution in [0.1, 0.15) is 25.3 Å². The summed E-state index contributed by atoms with van der Waals surface area (Å²) in [6.07, 6.45) is 0. The molecule has 0 aliphatic rings. The Hall–Kier alpha value is -1.75. The Labute approximate surface area is 88.3 Å². The Kier molecular flexibility index (Phi) is 3.39. The Morgan fingerprint density at radius 1 is 1.00 bits per heavy atom. The van der Waals surface area contributed by atoms with Crippen LogP contribution in [0.5, 0.6) is 0 Å². The highest BCUT2D eigenvalue weighted by Gasteiger charge is 2.25. The lowest BCUT2D eigenvalue weighted by Gasteiger charge is -2.12. The third-order valence-electron chi connectivity index (χ3n) is 2.00. The molecule has 0 heterocycles. The zero-order valence-corrected chi connectivity index (χ0v) is 8.43. The van der Waals surface area contributed by atoms with E-state index in [2.05, 4.69) is 10.0 Å². The van der Waals surface area contributed by atoms with Crippen molar-refractivity contribution >= 4 is 5.69 Å². The molecule has 0 spiro atoms. The van der Waals surface area contributed by atoms with Crippen molar-refractivity contribution in [3.63, 3.8) is 0 Å². The maximum absolute atomic E-state index is 13.3. The van der Waals surface area contributed by atoms with Gasteiger partial charge in [-0.05, 0) is 11.4 Å². The van der Waals surface area contributed by atoms with E-state index in [1.807, 2.05) is 0 Å². The summed E-state index contributed by atoms with van der Waals surface area (Å²) < 4.78 is 52.3. The topological polar surface area (TPSA) is 48.8 Å². The average Bonchev–Trinajstić information content (AvgIpc) is 2.23. The predicted octanol–water partition coefficient (Wildman–Crippen LogP) is 4.31. The van der Waals surface area contributed by atoms with Crippen LogP contribution >= 0.6 is 0 Å². The van der Waals surface area contributed by atoms with Crippen molar-refractivity contribution in [3.8, 4) is 0 Å². The quantitative estimate of drug-likeness (QED) is 0.182. The van der Waals surface area contributed by atoms with Gasteiger partial charge in [-0.25, -0.2) is 17.6 Å². The Morgan fingerprint density at radius 2 is 1.50 bits per heavy atom. The average molecular weight is 233 g/mol. The fourth-order valence-electron chi connectivity index (χ4n) is 1.31.